The zero-order chi connectivity index (χ0) is 23.3. The van der Waals surface area contributed by atoms with Crippen LogP contribution in [-0.2, 0) is 11.3 Å². The van der Waals surface area contributed by atoms with Crippen molar-refractivity contribution in [3.8, 4) is 0 Å². The number of hydrogen-bond acceptors (Lipinski definition) is 2. The first-order valence-electron chi connectivity index (χ1n) is 12.7. The predicted molar refractivity (Wildman–Crippen MR) is 123 cm³/mol. The summed E-state index contributed by atoms with van der Waals surface area (Å²) in [6.45, 7) is 22.1. The van der Waals surface area contributed by atoms with Crippen molar-refractivity contribution < 1.29 is 16.1 Å². The van der Waals surface area contributed by atoms with E-state index in [1.165, 1.54) is 11.8 Å². The number of aldehydes is 1. The number of carbonyl (C=O) groups is 2. The van der Waals surface area contributed by atoms with Crippen LogP contribution in [0.4, 0.5) is 0 Å². The standard InChI is InChI=1S/C19H23O.C10H13O.Fe/c1-10-8-11(2)17(12(3)9-10)19(20)18-15(6)13(4)14(5)16(18)7;1-6-7(2)9(4)10(5-11)8(6)3;/h8-9H,1-7H3;5H,1-4H3;. The van der Waals surface area contributed by atoms with E-state index in [1.54, 1.807) is 0 Å². The van der Waals surface area contributed by atoms with Gasteiger partial charge in [-0.05, 0) is 0 Å². The summed E-state index contributed by atoms with van der Waals surface area (Å²) >= 11 is 0. The Labute approximate surface area is 181 Å². The molecule has 0 bridgehead atoms. The van der Waals surface area contributed by atoms with E-state index in [9.17, 15) is 4.79 Å². The van der Waals surface area contributed by atoms with E-state index in [0.717, 1.165) is 16.7 Å². The number of ketones is 1. The van der Waals surface area contributed by atoms with Gasteiger partial charge in [0.05, 0.1) is 0 Å². The molecule has 0 N–H and O–H groups in total. The first-order chi connectivity index (χ1) is 14.4. The number of benzene rings is 1. The van der Waals surface area contributed by atoms with Crippen molar-refractivity contribution in [1.82, 2.24) is 0 Å². The number of aryl methyl sites for hydroxylation is 3. The summed E-state index contributed by atoms with van der Waals surface area (Å²) in [4.78, 5) is 29.0. The topological polar surface area (TPSA) is 34.1 Å². The van der Waals surface area contributed by atoms with Crippen molar-refractivity contribution in [1.29, 1.82) is 0 Å². The quantitative estimate of drug-likeness (QED) is 0.252. The van der Waals surface area contributed by atoms with Crippen LogP contribution in [0.1, 0.15) is 82.4 Å². The van der Waals surface area contributed by atoms with Gasteiger partial charge in [-0.15, -0.1) is 0 Å². The molecule has 0 aliphatic carbocycles. The average molecular weight is 472 g/mol. The molecule has 8 atom stereocenters. The zero-order valence-corrected chi connectivity index (χ0v) is 22.5. The van der Waals surface area contributed by atoms with Gasteiger partial charge in [-0.2, -0.15) is 0 Å². The van der Waals surface area contributed by atoms with Gasteiger partial charge in [0, 0.05) is 0 Å². The predicted octanol–water partition coefficient (Wildman–Crippen LogP) is 8.24. The van der Waals surface area contributed by atoms with Gasteiger partial charge in [-0.1, -0.05) is 0 Å². The van der Waals surface area contributed by atoms with Crippen LogP contribution in [0.25, 0.3) is 0 Å². The third-order valence-electron chi connectivity index (χ3n) is 25.0. The fourth-order valence-electron chi connectivity index (χ4n) is 31.8. The summed E-state index contributed by atoms with van der Waals surface area (Å²) in [7, 11) is 0. The molecule has 0 radical (unpaired) electrons. The van der Waals surface area contributed by atoms with E-state index < -0.39 is 6.51 Å². The second-order valence-corrected chi connectivity index (χ2v) is 39.3. The molecule has 11 rings (SSSR count). The van der Waals surface area contributed by atoms with Crippen LogP contribution < -0.4 is 0 Å². The van der Waals surface area contributed by atoms with Gasteiger partial charge in [0.15, 0.2) is 0 Å². The number of carbonyl (C=O) groups excluding carboxylic acids is 2. The molecule has 10 fully saturated rings. The molecule has 0 saturated carbocycles. The molecule has 0 aromatic heterocycles. The Kier molecular flexibility index (Phi) is 0.889. The molecule has 10 saturated heterocycles. The molecule has 0 amide bonds. The SMILES string of the molecule is Cc1cc(C)c(C(=O)[C]23[C]4(C)[C]5(C)[C]6(C)[C]2(C)[Fe]56432789[C]3(C)[C]2(C)[C]7(C)[C]8(C=O)[C]39C)c(C)c1. The third kappa shape index (κ3) is 0.169. The first kappa shape index (κ1) is 16.7. The van der Waals surface area contributed by atoms with Crippen molar-refractivity contribution in [3.05, 3.63) is 34.4 Å². The molecule has 172 valence electrons. The third-order valence-corrected chi connectivity index (χ3v) is 80.5. The molecule has 1 spiro atoms. The Morgan fingerprint density at radius 3 is 1.34 bits per heavy atom. The Hall–Kier alpha value is -0.921. The number of Topliss-reactive ketones (excluding diaryl/α,β-unsaturated/α-hetero) is 1. The van der Waals surface area contributed by atoms with E-state index in [-0.39, 0.29) is 43.1 Å². The summed E-state index contributed by atoms with van der Waals surface area (Å²) in [5.41, 5.74) is 4.55. The average Bonchev–Trinajstić information content (AvgIpc) is 3.66. The molecule has 1 aromatic carbocycles. The Balaban J connectivity index is 1.47. The molecule has 1 aromatic rings. The second kappa shape index (κ2) is 1.71. The monoisotopic (exact) mass is 472 g/mol. The van der Waals surface area contributed by atoms with Gasteiger partial charge in [0.1, 0.15) is 0 Å². The molecule has 8 unspecified atom stereocenters. The fourth-order valence-corrected chi connectivity index (χ4v) is 133. The molecular weight excluding hydrogens is 436 g/mol. The Bertz CT molecular complexity index is 1830. The summed E-state index contributed by atoms with van der Waals surface area (Å²) in [6.07, 6.45) is 1.52. The molecule has 10 heterocycles. The number of rotatable bonds is 3. The number of fused-ring (bicyclic) bond motifs is 10. The van der Waals surface area contributed by atoms with Gasteiger partial charge >= 0.3 is 182 Å². The summed E-state index contributed by atoms with van der Waals surface area (Å²) < 4.78 is 1.03. The fraction of sp³-hybridized carbons (Fsp3) is 0.724. The zero-order valence-electron chi connectivity index (χ0n) is 21.4. The molecule has 32 heavy (non-hydrogen) atoms. The van der Waals surface area contributed by atoms with E-state index in [1.807, 2.05) is 0 Å². The van der Waals surface area contributed by atoms with Crippen molar-refractivity contribution in [2.45, 2.75) is 119 Å². The van der Waals surface area contributed by atoms with Crippen LogP contribution in [0.15, 0.2) is 12.1 Å². The van der Waals surface area contributed by atoms with Gasteiger partial charge in [-0.3, -0.25) is 0 Å². The Morgan fingerprint density at radius 1 is 0.688 bits per heavy atom. The maximum atomic E-state index is 15.4. The summed E-state index contributed by atoms with van der Waals surface area (Å²) in [5, 5.41) is 0. The minimum atomic E-state index is -5.20. The van der Waals surface area contributed by atoms with Gasteiger partial charge < -0.3 is 0 Å². The van der Waals surface area contributed by atoms with Gasteiger partial charge in [0.2, 0.25) is 0 Å². The normalized spacial score (nSPS) is 89.7. The van der Waals surface area contributed by atoms with Gasteiger partial charge in [0.25, 0.3) is 0 Å². The van der Waals surface area contributed by atoms with Crippen LogP contribution in [0.3, 0.4) is 0 Å². The molecule has 10 aliphatic rings. The van der Waals surface area contributed by atoms with Crippen molar-refractivity contribution in [3.63, 3.8) is 0 Å². The molecule has 3 heteroatoms. The maximum absolute atomic E-state index is 15.4. The molecule has 2 nitrogen and oxygen atoms in total. The first-order valence-corrected chi connectivity index (χ1v) is 18.2. The van der Waals surface area contributed by atoms with Crippen LogP contribution in [0.5, 0.6) is 0 Å². The van der Waals surface area contributed by atoms with E-state index >= 15 is 4.79 Å². The number of hydrogen-bond donors (Lipinski definition) is 0. The van der Waals surface area contributed by atoms with Gasteiger partial charge in [-0.25, -0.2) is 0 Å². The second-order valence-electron chi connectivity index (χ2n) is 16.4. The summed E-state index contributed by atoms with van der Waals surface area (Å²) in [6, 6.07) is 4.42. The van der Waals surface area contributed by atoms with Crippen molar-refractivity contribution in [2.75, 3.05) is 0 Å². The van der Waals surface area contributed by atoms with E-state index in [4.69, 9.17) is 0 Å². The summed E-state index contributed by atoms with van der Waals surface area (Å²) in [5.74, 6) is 0.488. The van der Waals surface area contributed by atoms with E-state index in [0.29, 0.717) is 5.78 Å². The van der Waals surface area contributed by atoms with Crippen molar-refractivity contribution in [2.24, 2.45) is 0 Å². The van der Waals surface area contributed by atoms with Crippen LogP contribution in [-0.4, -0.2) is 12.1 Å². The van der Waals surface area contributed by atoms with Crippen molar-refractivity contribution >= 4 is 12.1 Å². The minimum absolute atomic E-state index is 0.0899. The molecule has 10 aliphatic heterocycles. The van der Waals surface area contributed by atoms with E-state index in [2.05, 4.69) is 88.3 Å². The van der Waals surface area contributed by atoms with Crippen LogP contribution in [0, 0.1) is 20.8 Å². The van der Waals surface area contributed by atoms with Crippen LogP contribution >= 0.6 is 0 Å². The van der Waals surface area contributed by atoms with Crippen LogP contribution in [0.2, 0.25) is 43.1 Å². The molecular formula is C29H36FeO2. The Morgan fingerprint density at radius 2 is 1.06 bits per heavy atom.